The Morgan fingerprint density at radius 1 is 1.02 bits per heavy atom. The summed E-state index contributed by atoms with van der Waals surface area (Å²) in [5, 5.41) is 17.3. The minimum atomic E-state index is -0.883. The fourth-order valence-corrected chi connectivity index (χ4v) is 6.42. The molecule has 0 radical (unpaired) electrons. The van der Waals surface area contributed by atoms with Gasteiger partial charge in [-0.3, -0.25) is 14.4 Å². The molecule has 3 heterocycles. The van der Waals surface area contributed by atoms with Crippen molar-refractivity contribution in [3.05, 3.63) is 89.0 Å². The van der Waals surface area contributed by atoms with Gasteiger partial charge >= 0.3 is 5.97 Å². The van der Waals surface area contributed by atoms with Gasteiger partial charge in [0.15, 0.2) is 17.3 Å². The van der Waals surface area contributed by atoms with E-state index < -0.39 is 23.7 Å². The Hall–Kier alpha value is -4.51. The van der Waals surface area contributed by atoms with Crippen molar-refractivity contribution in [3.63, 3.8) is 0 Å². The van der Waals surface area contributed by atoms with Crippen molar-refractivity contribution in [3.8, 4) is 16.8 Å². The molecule has 1 aliphatic heterocycles. The van der Waals surface area contributed by atoms with Crippen LogP contribution in [0.5, 0.6) is 0 Å². The molecule has 1 fully saturated rings. The zero-order valence-electron chi connectivity index (χ0n) is 23.1. The maximum absolute atomic E-state index is 14.7. The van der Waals surface area contributed by atoms with E-state index in [4.69, 9.17) is 11.6 Å². The number of carboxylic acid groups (broad SMARTS) is 1. The first-order valence-corrected chi connectivity index (χ1v) is 14.5. The molecular formula is C31H28ClFN6O4. The van der Waals surface area contributed by atoms with Gasteiger partial charge in [0.2, 0.25) is 0 Å². The van der Waals surface area contributed by atoms with Gasteiger partial charge in [-0.25, -0.2) is 19.0 Å². The summed E-state index contributed by atoms with van der Waals surface area (Å²) in [6.07, 6.45) is 9.24. The van der Waals surface area contributed by atoms with Crippen molar-refractivity contribution in [2.24, 2.45) is 11.8 Å². The summed E-state index contributed by atoms with van der Waals surface area (Å²) in [7, 11) is 0. The molecule has 1 N–H and O–H groups in total. The lowest BCUT2D eigenvalue weighted by Gasteiger charge is -2.38. The van der Waals surface area contributed by atoms with Crippen LogP contribution in [0.3, 0.4) is 0 Å². The van der Waals surface area contributed by atoms with Crippen LogP contribution in [0.4, 0.5) is 4.39 Å². The van der Waals surface area contributed by atoms with Gasteiger partial charge in [0.1, 0.15) is 18.1 Å². The van der Waals surface area contributed by atoms with Gasteiger partial charge < -0.3 is 10.0 Å². The number of ketones is 1. The molecule has 1 aliphatic carbocycles. The van der Waals surface area contributed by atoms with E-state index in [9.17, 15) is 23.9 Å². The average Bonchev–Trinajstić information content (AvgIpc) is 3.52. The highest BCUT2D eigenvalue weighted by Crippen LogP contribution is 2.39. The van der Waals surface area contributed by atoms with Crippen molar-refractivity contribution in [2.75, 3.05) is 6.54 Å². The highest BCUT2D eigenvalue weighted by atomic mass is 35.5. The lowest BCUT2D eigenvalue weighted by Crippen LogP contribution is -2.44. The van der Waals surface area contributed by atoms with E-state index in [0.717, 1.165) is 26.9 Å². The molecule has 2 aliphatic rings. The number of carbonyl (C=O) groups excluding carboxylic acids is 2. The maximum Gasteiger partial charge on any atom is 0.306 e. The Morgan fingerprint density at radius 3 is 2.51 bits per heavy atom. The Labute approximate surface area is 251 Å². The van der Waals surface area contributed by atoms with Gasteiger partial charge in [0.25, 0.3) is 5.91 Å². The maximum atomic E-state index is 14.7. The van der Waals surface area contributed by atoms with Gasteiger partial charge in [-0.15, -0.1) is 5.10 Å². The summed E-state index contributed by atoms with van der Waals surface area (Å²) >= 11 is 5.93. The van der Waals surface area contributed by atoms with Crippen LogP contribution < -0.4 is 0 Å². The molecule has 0 saturated heterocycles. The summed E-state index contributed by atoms with van der Waals surface area (Å²) in [5.41, 5.74) is 3.38. The fraction of sp³-hybridized carbons (Fsp3) is 0.323. The third-order valence-electron chi connectivity index (χ3n) is 8.44. The van der Waals surface area contributed by atoms with Gasteiger partial charge in [-0.05, 0) is 66.8 Å². The first kappa shape index (κ1) is 28.6. The number of benzene rings is 2. The van der Waals surface area contributed by atoms with Crippen LogP contribution in [-0.2, 0) is 16.0 Å². The Balaban J connectivity index is 1.33. The van der Waals surface area contributed by atoms with E-state index in [2.05, 4.69) is 20.3 Å². The van der Waals surface area contributed by atoms with Crippen LogP contribution in [-0.4, -0.2) is 59.2 Å². The molecule has 0 spiro atoms. The topological polar surface area (TPSA) is 131 Å². The molecule has 2 aromatic heterocycles. The van der Waals surface area contributed by atoms with Gasteiger partial charge in [-0.1, -0.05) is 41.1 Å². The van der Waals surface area contributed by atoms with Crippen LogP contribution >= 0.6 is 11.6 Å². The summed E-state index contributed by atoms with van der Waals surface area (Å²) in [4.78, 5) is 49.3. The first-order chi connectivity index (χ1) is 20.8. The molecule has 6 rings (SSSR count). The number of amides is 1. The standard InChI is InChI=1S/C31H28ClFN6O4/c32-24-5-2-6-26(28(24)33)39-16-25(36-37-39)30(41)38-12-11-22-21(20-14-34-17-35-15-20)3-1-4-23(22)29(38)27(40)13-18-7-9-19(10-8-18)31(42)43/h1-6,14-19,29H,7-13H2,(H,42,43). The molecule has 43 heavy (non-hydrogen) atoms. The molecule has 2 aromatic carbocycles. The zero-order valence-corrected chi connectivity index (χ0v) is 23.8. The molecule has 1 atom stereocenters. The van der Waals surface area contributed by atoms with Crippen LogP contribution in [0.25, 0.3) is 16.8 Å². The minimum Gasteiger partial charge on any atom is -0.481 e. The molecule has 1 amide bonds. The van der Waals surface area contributed by atoms with Crippen LogP contribution in [0.15, 0.2) is 61.3 Å². The summed E-state index contributed by atoms with van der Waals surface area (Å²) in [6, 6.07) is 9.24. The smallest absolute Gasteiger partial charge is 0.306 e. The Kier molecular flexibility index (Phi) is 7.98. The van der Waals surface area contributed by atoms with E-state index >= 15 is 0 Å². The van der Waals surface area contributed by atoms with E-state index in [0.29, 0.717) is 32.1 Å². The number of halogens is 2. The highest BCUT2D eigenvalue weighted by molar-refractivity contribution is 6.30. The molecule has 12 heteroatoms. The fourth-order valence-electron chi connectivity index (χ4n) is 6.25. The van der Waals surface area contributed by atoms with E-state index in [1.807, 2.05) is 18.2 Å². The normalized spacial score (nSPS) is 20.0. The molecule has 1 unspecified atom stereocenters. The first-order valence-electron chi connectivity index (χ1n) is 14.1. The van der Waals surface area contributed by atoms with Crippen molar-refractivity contribution in [1.29, 1.82) is 0 Å². The molecule has 0 bridgehead atoms. The van der Waals surface area contributed by atoms with E-state index in [1.54, 1.807) is 18.5 Å². The predicted molar refractivity (Wildman–Crippen MR) is 154 cm³/mol. The van der Waals surface area contributed by atoms with Crippen molar-refractivity contribution in [2.45, 2.75) is 44.6 Å². The Morgan fingerprint density at radius 2 is 1.77 bits per heavy atom. The molecule has 4 aromatic rings. The van der Waals surface area contributed by atoms with Gasteiger partial charge in [0, 0.05) is 30.9 Å². The Bertz CT molecular complexity index is 1690. The third kappa shape index (κ3) is 5.64. The highest BCUT2D eigenvalue weighted by Gasteiger charge is 2.39. The average molecular weight is 603 g/mol. The molecule has 1 saturated carbocycles. The number of Topliss-reactive ketones (excluding diaryl/α,β-unsaturated/α-hetero) is 1. The lowest BCUT2D eigenvalue weighted by molar-refractivity contribution is -0.143. The second-order valence-corrected chi connectivity index (χ2v) is 11.4. The summed E-state index contributed by atoms with van der Waals surface area (Å²) in [5.74, 6) is -2.47. The quantitative estimate of drug-likeness (QED) is 0.309. The van der Waals surface area contributed by atoms with Gasteiger partial charge in [0.05, 0.1) is 17.1 Å². The third-order valence-corrected chi connectivity index (χ3v) is 8.73. The number of carbonyl (C=O) groups is 3. The number of hydrogen-bond acceptors (Lipinski definition) is 7. The number of rotatable bonds is 7. The molecule has 10 nitrogen and oxygen atoms in total. The lowest BCUT2D eigenvalue weighted by atomic mass is 9.77. The summed E-state index contributed by atoms with van der Waals surface area (Å²) in [6.45, 7) is 0.247. The SMILES string of the molecule is O=C(O)C1CCC(CC(=O)C2c3cccc(-c4cncnc4)c3CCN2C(=O)c2cn(-c3cccc(Cl)c3F)nn2)CC1. The number of hydrogen-bond donors (Lipinski definition) is 1. The number of aromatic nitrogens is 5. The van der Waals surface area contributed by atoms with Crippen LogP contribution in [0.1, 0.15) is 59.8 Å². The number of fused-ring (bicyclic) bond motifs is 1. The minimum absolute atomic E-state index is 0.0304. The molecular weight excluding hydrogens is 575 g/mol. The number of carboxylic acids is 1. The van der Waals surface area contributed by atoms with Crippen molar-refractivity contribution < 1.29 is 23.9 Å². The van der Waals surface area contributed by atoms with Crippen molar-refractivity contribution >= 4 is 29.3 Å². The van der Waals surface area contributed by atoms with Crippen LogP contribution in [0, 0.1) is 17.7 Å². The second-order valence-electron chi connectivity index (χ2n) is 11.0. The largest absolute Gasteiger partial charge is 0.481 e. The van der Waals surface area contributed by atoms with E-state index in [-0.39, 0.29) is 47.0 Å². The summed E-state index contributed by atoms with van der Waals surface area (Å²) < 4.78 is 15.8. The molecule has 220 valence electrons. The monoisotopic (exact) mass is 602 g/mol. The predicted octanol–water partition coefficient (Wildman–Crippen LogP) is 5.11. The van der Waals surface area contributed by atoms with Gasteiger partial charge in [-0.2, -0.15) is 0 Å². The van der Waals surface area contributed by atoms with E-state index in [1.165, 1.54) is 29.6 Å². The zero-order chi connectivity index (χ0) is 30.1. The van der Waals surface area contributed by atoms with Crippen LogP contribution in [0.2, 0.25) is 5.02 Å². The number of aliphatic carboxylic acids is 1. The number of nitrogens with zero attached hydrogens (tertiary/aromatic N) is 6. The second kappa shape index (κ2) is 12.0. The van der Waals surface area contributed by atoms with Crippen molar-refractivity contribution in [1.82, 2.24) is 29.9 Å².